The van der Waals surface area contributed by atoms with E-state index in [1.54, 1.807) is 6.08 Å². The molecule has 0 radical (unpaired) electrons. The standard InChI is InChI=1S/C24H35FO/c1-2-3-18-26-24-14-12-23(13-15-24)22-10-8-21(9-11-22)20-6-4-19(5-7-20)16-17-25/h12-17,19-22H,2-11,18H2,1H3/b17-16+. The van der Waals surface area contributed by atoms with E-state index in [0.29, 0.717) is 5.92 Å². The van der Waals surface area contributed by atoms with Crippen LogP contribution in [0.2, 0.25) is 0 Å². The van der Waals surface area contributed by atoms with Crippen LogP contribution in [-0.2, 0) is 0 Å². The molecule has 0 spiro atoms. The third-order valence-electron chi connectivity index (χ3n) is 6.72. The van der Waals surface area contributed by atoms with Crippen LogP contribution >= 0.6 is 0 Å². The van der Waals surface area contributed by atoms with E-state index in [9.17, 15) is 4.39 Å². The molecule has 2 fully saturated rings. The molecule has 0 atom stereocenters. The van der Waals surface area contributed by atoms with Gasteiger partial charge in [-0.25, -0.2) is 4.39 Å². The second-order valence-corrected chi connectivity index (χ2v) is 8.38. The molecule has 0 N–H and O–H groups in total. The fourth-order valence-electron chi connectivity index (χ4n) is 5.01. The third kappa shape index (κ3) is 5.34. The number of benzene rings is 1. The van der Waals surface area contributed by atoms with Gasteiger partial charge < -0.3 is 4.74 Å². The summed E-state index contributed by atoms with van der Waals surface area (Å²) in [5, 5.41) is 0. The van der Waals surface area contributed by atoms with Gasteiger partial charge >= 0.3 is 0 Å². The first-order chi connectivity index (χ1) is 12.8. The highest BCUT2D eigenvalue weighted by Gasteiger charge is 2.30. The molecule has 1 aromatic rings. The maximum Gasteiger partial charge on any atom is 0.119 e. The van der Waals surface area contributed by atoms with Crippen molar-refractivity contribution in [2.45, 2.75) is 77.0 Å². The van der Waals surface area contributed by atoms with E-state index in [1.165, 1.54) is 63.4 Å². The van der Waals surface area contributed by atoms with Gasteiger partial charge in [-0.3, -0.25) is 0 Å². The Balaban J connectivity index is 1.43. The van der Waals surface area contributed by atoms with Gasteiger partial charge in [-0.05, 0) is 99.2 Å². The number of hydrogen-bond donors (Lipinski definition) is 0. The smallest absolute Gasteiger partial charge is 0.119 e. The van der Waals surface area contributed by atoms with Crippen LogP contribution in [0, 0.1) is 17.8 Å². The lowest BCUT2D eigenvalue weighted by atomic mass is 9.68. The van der Waals surface area contributed by atoms with Crippen molar-refractivity contribution in [3.05, 3.63) is 42.2 Å². The van der Waals surface area contributed by atoms with E-state index < -0.39 is 0 Å². The summed E-state index contributed by atoms with van der Waals surface area (Å²) in [5.41, 5.74) is 1.49. The van der Waals surface area contributed by atoms with Crippen molar-refractivity contribution < 1.29 is 9.13 Å². The normalized spacial score (nSPS) is 29.8. The summed E-state index contributed by atoms with van der Waals surface area (Å²) in [4.78, 5) is 0. The Morgan fingerprint density at radius 2 is 1.54 bits per heavy atom. The number of allylic oxidation sites excluding steroid dienone is 1. The van der Waals surface area contributed by atoms with Gasteiger partial charge in [0, 0.05) is 0 Å². The van der Waals surface area contributed by atoms with Crippen LogP contribution in [0.3, 0.4) is 0 Å². The van der Waals surface area contributed by atoms with Gasteiger partial charge in [-0.1, -0.05) is 31.6 Å². The zero-order chi connectivity index (χ0) is 18.2. The molecular weight excluding hydrogens is 323 g/mol. The number of ether oxygens (including phenoxy) is 1. The Kier molecular flexibility index (Phi) is 7.58. The van der Waals surface area contributed by atoms with E-state index in [0.717, 1.165) is 42.9 Å². The molecular formula is C24H35FO. The van der Waals surface area contributed by atoms with Crippen LogP contribution in [0.15, 0.2) is 36.7 Å². The Morgan fingerprint density at radius 1 is 0.923 bits per heavy atom. The van der Waals surface area contributed by atoms with E-state index >= 15 is 0 Å². The lowest BCUT2D eigenvalue weighted by molar-refractivity contribution is 0.171. The first kappa shape index (κ1) is 19.5. The van der Waals surface area contributed by atoms with Gasteiger partial charge in [0.1, 0.15) is 5.75 Å². The summed E-state index contributed by atoms with van der Waals surface area (Å²) in [7, 11) is 0. The fraction of sp³-hybridized carbons (Fsp3) is 0.667. The van der Waals surface area contributed by atoms with Crippen molar-refractivity contribution >= 4 is 0 Å². The summed E-state index contributed by atoms with van der Waals surface area (Å²) in [6.45, 7) is 3.01. The molecule has 3 rings (SSSR count). The predicted octanol–water partition coefficient (Wildman–Crippen LogP) is 7.43. The molecule has 0 unspecified atom stereocenters. The summed E-state index contributed by atoms with van der Waals surface area (Å²) < 4.78 is 18.1. The van der Waals surface area contributed by atoms with E-state index in [1.807, 2.05) is 0 Å². The van der Waals surface area contributed by atoms with E-state index in [-0.39, 0.29) is 0 Å². The van der Waals surface area contributed by atoms with Gasteiger partial charge in [0.25, 0.3) is 0 Å². The first-order valence-corrected chi connectivity index (χ1v) is 10.8. The lowest BCUT2D eigenvalue weighted by Crippen LogP contribution is -2.25. The molecule has 0 aliphatic heterocycles. The molecule has 1 aromatic carbocycles. The highest BCUT2D eigenvalue weighted by Crippen LogP contribution is 2.44. The van der Waals surface area contributed by atoms with Crippen molar-refractivity contribution in [1.29, 1.82) is 0 Å². The Bertz CT molecular complexity index is 534. The quantitative estimate of drug-likeness (QED) is 0.460. The molecule has 2 aliphatic carbocycles. The molecule has 26 heavy (non-hydrogen) atoms. The summed E-state index contributed by atoms with van der Waals surface area (Å²) in [5.74, 6) is 4.01. The maximum atomic E-state index is 12.3. The molecule has 2 heteroatoms. The largest absolute Gasteiger partial charge is 0.494 e. The number of unbranched alkanes of at least 4 members (excludes halogenated alkanes) is 1. The lowest BCUT2D eigenvalue weighted by Gasteiger charge is -2.37. The molecule has 0 saturated heterocycles. The van der Waals surface area contributed by atoms with Crippen LogP contribution < -0.4 is 4.74 Å². The fourth-order valence-corrected chi connectivity index (χ4v) is 5.01. The van der Waals surface area contributed by atoms with Crippen molar-refractivity contribution in [3.8, 4) is 5.75 Å². The van der Waals surface area contributed by atoms with E-state index in [4.69, 9.17) is 4.74 Å². The summed E-state index contributed by atoms with van der Waals surface area (Å²) >= 11 is 0. The van der Waals surface area contributed by atoms with Gasteiger partial charge in [0.2, 0.25) is 0 Å². The minimum absolute atomic E-state index is 0.491. The molecule has 2 saturated carbocycles. The van der Waals surface area contributed by atoms with Crippen molar-refractivity contribution in [1.82, 2.24) is 0 Å². The predicted molar refractivity (Wildman–Crippen MR) is 107 cm³/mol. The number of rotatable bonds is 7. The third-order valence-corrected chi connectivity index (χ3v) is 6.72. The minimum atomic E-state index is 0.491. The topological polar surface area (TPSA) is 9.23 Å². The maximum absolute atomic E-state index is 12.3. The van der Waals surface area contributed by atoms with Crippen molar-refractivity contribution in [2.75, 3.05) is 6.61 Å². The van der Waals surface area contributed by atoms with Crippen LogP contribution in [0.25, 0.3) is 0 Å². The molecule has 144 valence electrons. The Morgan fingerprint density at radius 3 is 2.12 bits per heavy atom. The molecule has 2 aliphatic rings. The van der Waals surface area contributed by atoms with Crippen LogP contribution in [0.4, 0.5) is 4.39 Å². The highest BCUT2D eigenvalue weighted by atomic mass is 19.1. The first-order valence-electron chi connectivity index (χ1n) is 10.8. The van der Waals surface area contributed by atoms with Gasteiger partial charge in [-0.2, -0.15) is 0 Å². The Labute approximate surface area is 159 Å². The second kappa shape index (κ2) is 10.1. The summed E-state index contributed by atoms with van der Waals surface area (Å²) in [6, 6.07) is 8.86. The molecule has 0 heterocycles. The molecule has 0 aromatic heterocycles. The van der Waals surface area contributed by atoms with Gasteiger partial charge in [-0.15, -0.1) is 0 Å². The van der Waals surface area contributed by atoms with Gasteiger partial charge in [0.05, 0.1) is 12.9 Å². The molecule has 0 amide bonds. The van der Waals surface area contributed by atoms with Crippen LogP contribution in [-0.4, -0.2) is 6.61 Å². The molecule has 0 bridgehead atoms. The number of halogens is 1. The average Bonchev–Trinajstić information content (AvgIpc) is 2.70. The average molecular weight is 359 g/mol. The van der Waals surface area contributed by atoms with Crippen LogP contribution in [0.1, 0.15) is 82.6 Å². The number of hydrogen-bond acceptors (Lipinski definition) is 1. The van der Waals surface area contributed by atoms with Crippen molar-refractivity contribution in [2.24, 2.45) is 17.8 Å². The second-order valence-electron chi connectivity index (χ2n) is 8.38. The highest BCUT2D eigenvalue weighted by molar-refractivity contribution is 5.29. The Hall–Kier alpha value is -1.31. The van der Waals surface area contributed by atoms with Gasteiger partial charge in [0.15, 0.2) is 0 Å². The monoisotopic (exact) mass is 358 g/mol. The zero-order valence-corrected chi connectivity index (χ0v) is 16.3. The summed E-state index contributed by atoms with van der Waals surface area (Å²) in [6.07, 6.45) is 15.2. The van der Waals surface area contributed by atoms with Crippen molar-refractivity contribution in [3.63, 3.8) is 0 Å². The SMILES string of the molecule is CCCCOc1ccc(C2CCC(C3CCC(/C=C/F)CC3)CC2)cc1. The van der Waals surface area contributed by atoms with E-state index in [2.05, 4.69) is 31.2 Å². The molecule has 1 nitrogen and oxygen atoms in total. The van der Waals surface area contributed by atoms with Crippen LogP contribution in [0.5, 0.6) is 5.75 Å². The minimum Gasteiger partial charge on any atom is -0.494 e. The zero-order valence-electron chi connectivity index (χ0n) is 16.3.